The third-order valence-corrected chi connectivity index (χ3v) is 5.87. The highest BCUT2D eigenvalue weighted by Crippen LogP contribution is 2.48. The molecule has 1 heterocycles. The highest BCUT2D eigenvalue weighted by Gasteiger charge is 2.27. The summed E-state index contributed by atoms with van der Waals surface area (Å²) in [6.07, 6.45) is 4.14. The van der Waals surface area contributed by atoms with Crippen LogP contribution in [0.4, 0.5) is 0 Å². The van der Waals surface area contributed by atoms with Gasteiger partial charge in [0.1, 0.15) is 0 Å². The summed E-state index contributed by atoms with van der Waals surface area (Å²) >= 11 is 0. The molecule has 0 saturated carbocycles. The van der Waals surface area contributed by atoms with Crippen molar-refractivity contribution in [3.63, 3.8) is 0 Å². The van der Waals surface area contributed by atoms with Crippen LogP contribution in [-0.4, -0.2) is 25.5 Å². The maximum Gasteiger partial charge on any atom is 0.0532 e. The topological polar surface area (TPSA) is 9.23 Å². The smallest absolute Gasteiger partial charge is 0.0532 e. The summed E-state index contributed by atoms with van der Waals surface area (Å²) in [5.41, 5.74) is 0.803. The molecule has 1 saturated heterocycles. The Morgan fingerprint density at radius 3 is 2.86 bits per heavy atom. The van der Waals surface area contributed by atoms with Crippen molar-refractivity contribution in [3.8, 4) is 0 Å². The van der Waals surface area contributed by atoms with Crippen molar-refractivity contribution < 1.29 is 4.74 Å². The summed E-state index contributed by atoms with van der Waals surface area (Å²) in [5.74, 6) is 0. The number of hydrogen-bond donors (Lipinski definition) is 0. The Morgan fingerprint density at radius 1 is 1.36 bits per heavy atom. The van der Waals surface area contributed by atoms with E-state index in [1.54, 1.807) is 5.30 Å². The Hall–Kier alpha value is -0.390. The van der Waals surface area contributed by atoms with Crippen molar-refractivity contribution in [2.24, 2.45) is 0 Å². The molecule has 0 radical (unpaired) electrons. The van der Waals surface area contributed by atoms with Gasteiger partial charge in [0.15, 0.2) is 0 Å². The Labute approximate surface area is 87.2 Å². The number of hydrogen-bond acceptors (Lipinski definition) is 1. The Balaban J connectivity index is 2.10. The third kappa shape index (κ3) is 2.16. The molecule has 1 nitrogen and oxygen atoms in total. The molecule has 1 aliphatic heterocycles. The predicted molar refractivity (Wildman–Crippen MR) is 62.8 cm³/mol. The van der Waals surface area contributed by atoms with Gasteiger partial charge in [-0.25, -0.2) is 0 Å². The van der Waals surface area contributed by atoms with E-state index in [2.05, 4.69) is 30.3 Å². The van der Waals surface area contributed by atoms with E-state index in [4.69, 9.17) is 4.74 Å². The van der Waals surface area contributed by atoms with Gasteiger partial charge < -0.3 is 4.74 Å². The molecule has 0 amide bonds. The first-order chi connectivity index (χ1) is 6.92. The zero-order valence-electron chi connectivity index (χ0n) is 8.65. The van der Waals surface area contributed by atoms with Gasteiger partial charge in [-0.3, -0.25) is 0 Å². The molecule has 0 N–H and O–H groups in total. The highest BCUT2D eigenvalue weighted by atomic mass is 31.1. The molecule has 76 valence electrons. The van der Waals surface area contributed by atoms with Crippen molar-refractivity contribution in [3.05, 3.63) is 30.3 Å². The van der Waals surface area contributed by atoms with Gasteiger partial charge in [0.25, 0.3) is 0 Å². The van der Waals surface area contributed by atoms with E-state index in [0.29, 0.717) is 0 Å². The molecular weight excluding hydrogens is 191 g/mol. The normalized spacial score (nSPS) is 26.6. The molecule has 14 heavy (non-hydrogen) atoms. The molecule has 0 unspecified atom stereocenters. The lowest BCUT2D eigenvalue weighted by atomic mass is 10.3. The van der Waals surface area contributed by atoms with Crippen molar-refractivity contribution in [2.75, 3.05) is 19.9 Å². The first-order valence-electron chi connectivity index (χ1n) is 5.22. The monoisotopic (exact) mass is 208 g/mol. The van der Waals surface area contributed by atoms with Crippen molar-refractivity contribution in [1.29, 1.82) is 0 Å². The number of methoxy groups -OCH3 is 1. The molecule has 1 aromatic rings. The second kappa shape index (κ2) is 4.91. The van der Waals surface area contributed by atoms with Crippen molar-refractivity contribution >= 4 is 13.2 Å². The van der Waals surface area contributed by atoms with E-state index in [0.717, 1.165) is 12.3 Å². The summed E-state index contributed by atoms with van der Waals surface area (Å²) in [7, 11) is 1.88. The lowest BCUT2D eigenvalue weighted by molar-refractivity contribution is 0.197. The highest BCUT2D eigenvalue weighted by molar-refractivity contribution is 7.66. The van der Waals surface area contributed by atoms with E-state index in [-0.39, 0.29) is 7.92 Å². The Bertz CT molecular complexity index is 273. The van der Waals surface area contributed by atoms with Crippen LogP contribution in [0.2, 0.25) is 0 Å². The van der Waals surface area contributed by atoms with E-state index in [9.17, 15) is 0 Å². The van der Waals surface area contributed by atoms with Crippen LogP contribution in [0.5, 0.6) is 0 Å². The average Bonchev–Trinajstić information content (AvgIpc) is 2.68. The third-order valence-electron chi connectivity index (χ3n) is 2.82. The molecule has 0 aromatic heterocycles. The van der Waals surface area contributed by atoms with Gasteiger partial charge >= 0.3 is 0 Å². The molecule has 1 aliphatic rings. The standard InChI is InChI=1S/C12H17OP/c1-13-10-12-8-5-9-14(12)11-6-3-2-4-7-11/h2-4,6-7,12H,5,8-10H2,1H3/t12-,14+/m1/s1. The molecular formula is C12H17OP. The van der Waals surface area contributed by atoms with Gasteiger partial charge in [0.05, 0.1) is 6.61 Å². The van der Waals surface area contributed by atoms with Gasteiger partial charge in [-0.05, 0) is 24.3 Å². The minimum atomic E-state index is 0.0655. The minimum absolute atomic E-state index is 0.0655. The maximum atomic E-state index is 5.29. The average molecular weight is 208 g/mol. The molecule has 0 spiro atoms. The second-order valence-corrected chi connectivity index (χ2v) is 6.41. The molecule has 1 aromatic carbocycles. The van der Waals surface area contributed by atoms with Gasteiger partial charge in [-0.15, -0.1) is 0 Å². The van der Waals surface area contributed by atoms with Crippen LogP contribution >= 0.6 is 7.92 Å². The van der Waals surface area contributed by atoms with Crippen LogP contribution in [-0.2, 0) is 4.74 Å². The zero-order valence-corrected chi connectivity index (χ0v) is 9.54. The molecule has 2 atom stereocenters. The van der Waals surface area contributed by atoms with Crippen LogP contribution in [0.15, 0.2) is 30.3 Å². The Kier molecular flexibility index (Phi) is 3.55. The fourth-order valence-electron chi connectivity index (χ4n) is 2.16. The van der Waals surface area contributed by atoms with E-state index >= 15 is 0 Å². The Morgan fingerprint density at radius 2 is 2.14 bits per heavy atom. The van der Waals surface area contributed by atoms with Gasteiger partial charge in [-0.2, -0.15) is 0 Å². The largest absolute Gasteiger partial charge is 0.384 e. The van der Waals surface area contributed by atoms with Crippen LogP contribution in [0, 0.1) is 0 Å². The summed E-state index contributed by atoms with van der Waals surface area (Å²) in [4.78, 5) is 0. The molecule has 1 fully saturated rings. The van der Waals surface area contributed by atoms with Crippen LogP contribution in [0.3, 0.4) is 0 Å². The zero-order chi connectivity index (χ0) is 9.80. The number of ether oxygens (including phenoxy) is 1. The lowest BCUT2D eigenvalue weighted by Crippen LogP contribution is -2.14. The quantitative estimate of drug-likeness (QED) is 0.694. The molecule has 0 aliphatic carbocycles. The van der Waals surface area contributed by atoms with Gasteiger partial charge in [-0.1, -0.05) is 38.3 Å². The number of rotatable bonds is 3. The summed E-state index contributed by atoms with van der Waals surface area (Å²) in [5, 5.41) is 1.56. The van der Waals surface area contributed by atoms with Crippen molar-refractivity contribution in [2.45, 2.75) is 18.5 Å². The number of benzene rings is 1. The fourth-order valence-corrected chi connectivity index (χ4v) is 5.11. The summed E-state index contributed by atoms with van der Waals surface area (Å²) in [6, 6.07) is 11.0. The molecule has 2 heteroatoms. The maximum absolute atomic E-state index is 5.29. The van der Waals surface area contributed by atoms with Crippen molar-refractivity contribution in [1.82, 2.24) is 0 Å². The van der Waals surface area contributed by atoms with Crippen LogP contribution in [0.25, 0.3) is 0 Å². The lowest BCUT2D eigenvalue weighted by Gasteiger charge is -2.19. The minimum Gasteiger partial charge on any atom is -0.384 e. The first-order valence-corrected chi connectivity index (χ1v) is 6.82. The van der Waals surface area contributed by atoms with E-state index in [1.165, 1.54) is 19.0 Å². The van der Waals surface area contributed by atoms with Gasteiger partial charge in [0.2, 0.25) is 0 Å². The summed E-state index contributed by atoms with van der Waals surface area (Å²) < 4.78 is 5.29. The van der Waals surface area contributed by atoms with Crippen LogP contribution < -0.4 is 5.30 Å². The van der Waals surface area contributed by atoms with E-state index < -0.39 is 0 Å². The van der Waals surface area contributed by atoms with Crippen LogP contribution in [0.1, 0.15) is 12.8 Å². The molecule has 0 bridgehead atoms. The second-order valence-electron chi connectivity index (χ2n) is 3.78. The summed E-state index contributed by atoms with van der Waals surface area (Å²) in [6.45, 7) is 0.945. The van der Waals surface area contributed by atoms with Gasteiger partial charge in [0, 0.05) is 12.8 Å². The SMILES string of the molecule is COC[C@H]1CCC[P@@]1c1ccccc1. The predicted octanol–water partition coefficient (Wildman–Crippen LogP) is 2.60. The van der Waals surface area contributed by atoms with E-state index in [1.807, 2.05) is 7.11 Å². The first kappa shape index (κ1) is 10.1. The fraction of sp³-hybridized carbons (Fsp3) is 0.500. The molecule has 2 rings (SSSR count).